The van der Waals surface area contributed by atoms with Crippen LogP contribution in [0.2, 0.25) is 0 Å². The van der Waals surface area contributed by atoms with Crippen LogP contribution in [0.15, 0.2) is 27.1 Å². The van der Waals surface area contributed by atoms with Gasteiger partial charge in [0.1, 0.15) is 6.10 Å². The number of carbonyl (C=O) groups is 2. The first-order chi connectivity index (χ1) is 9.92. The van der Waals surface area contributed by atoms with Crippen molar-refractivity contribution in [2.75, 3.05) is 13.2 Å². The first-order valence-electron chi connectivity index (χ1n) is 6.38. The van der Waals surface area contributed by atoms with Gasteiger partial charge in [-0.25, -0.2) is 0 Å². The van der Waals surface area contributed by atoms with E-state index in [2.05, 4.69) is 31.9 Å². The zero-order valence-corrected chi connectivity index (χ0v) is 14.8. The molecule has 1 aromatic carbocycles. The zero-order valence-electron chi connectivity index (χ0n) is 11.6. The van der Waals surface area contributed by atoms with Gasteiger partial charge in [-0.3, -0.25) is 9.59 Å². The Morgan fingerprint density at radius 1 is 1.10 bits per heavy atom. The van der Waals surface area contributed by atoms with Crippen molar-refractivity contribution < 1.29 is 24.2 Å². The predicted molar refractivity (Wildman–Crippen MR) is 83.6 cm³/mol. The Morgan fingerprint density at radius 2 is 1.62 bits per heavy atom. The van der Waals surface area contributed by atoms with E-state index in [0.717, 1.165) is 4.47 Å². The van der Waals surface area contributed by atoms with Crippen molar-refractivity contribution in [3.05, 3.63) is 32.7 Å². The fraction of sp³-hybridized carbons (Fsp3) is 0.429. The molecule has 7 heteroatoms. The quantitative estimate of drug-likeness (QED) is 0.562. The number of halogens is 2. The maximum Gasteiger partial charge on any atom is 0.323 e. The van der Waals surface area contributed by atoms with E-state index in [1.54, 1.807) is 32.0 Å². The molecule has 21 heavy (non-hydrogen) atoms. The average molecular weight is 424 g/mol. The monoisotopic (exact) mass is 422 g/mol. The van der Waals surface area contributed by atoms with Gasteiger partial charge >= 0.3 is 11.9 Å². The molecule has 1 unspecified atom stereocenters. The minimum atomic E-state index is -1.40. The number of aliphatic hydroxyl groups is 1. The number of hydrogen-bond donors (Lipinski definition) is 1. The molecular formula is C14H16Br2O5. The number of esters is 2. The Labute approximate surface area is 139 Å². The van der Waals surface area contributed by atoms with Gasteiger partial charge in [-0.1, -0.05) is 6.07 Å². The molecule has 0 amide bonds. The summed E-state index contributed by atoms with van der Waals surface area (Å²) in [5, 5.41) is 10.4. The number of rotatable bonds is 6. The Morgan fingerprint density at radius 3 is 2.05 bits per heavy atom. The topological polar surface area (TPSA) is 72.8 Å². The molecule has 0 aromatic heterocycles. The second-order valence-electron chi connectivity index (χ2n) is 4.10. The molecule has 0 saturated carbocycles. The number of hydrogen-bond acceptors (Lipinski definition) is 5. The second-order valence-corrected chi connectivity index (χ2v) is 5.81. The summed E-state index contributed by atoms with van der Waals surface area (Å²) in [6, 6.07) is 4.95. The van der Waals surface area contributed by atoms with E-state index in [4.69, 9.17) is 9.47 Å². The minimum absolute atomic E-state index is 0.117. The van der Waals surface area contributed by atoms with E-state index < -0.39 is 24.0 Å². The van der Waals surface area contributed by atoms with Crippen LogP contribution in [0.5, 0.6) is 0 Å². The highest BCUT2D eigenvalue weighted by Crippen LogP contribution is 2.30. The molecular weight excluding hydrogens is 408 g/mol. The Bertz CT molecular complexity index is 500. The maximum absolute atomic E-state index is 11.9. The third kappa shape index (κ3) is 4.79. The van der Waals surface area contributed by atoms with E-state index in [9.17, 15) is 14.7 Å². The number of benzene rings is 1. The lowest BCUT2D eigenvalue weighted by atomic mass is 9.96. The Balaban J connectivity index is 3.08. The van der Waals surface area contributed by atoms with Crippen LogP contribution in [0.4, 0.5) is 0 Å². The van der Waals surface area contributed by atoms with E-state index in [-0.39, 0.29) is 13.2 Å². The summed E-state index contributed by atoms with van der Waals surface area (Å²) in [6.45, 7) is 3.49. The van der Waals surface area contributed by atoms with Gasteiger partial charge in [0, 0.05) is 8.95 Å². The highest BCUT2D eigenvalue weighted by molar-refractivity contribution is 9.13. The van der Waals surface area contributed by atoms with Crippen molar-refractivity contribution in [3.63, 3.8) is 0 Å². The number of aliphatic hydroxyl groups excluding tert-OH is 1. The van der Waals surface area contributed by atoms with E-state index in [1.165, 1.54) is 0 Å². The van der Waals surface area contributed by atoms with Crippen LogP contribution >= 0.6 is 31.9 Å². The van der Waals surface area contributed by atoms with Crippen LogP contribution in [0, 0.1) is 5.92 Å². The van der Waals surface area contributed by atoms with Crippen LogP contribution in [0.1, 0.15) is 25.5 Å². The summed E-state index contributed by atoms with van der Waals surface area (Å²) >= 11 is 6.62. The highest BCUT2D eigenvalue weighted by Gasteiger charge is 2.37. The van der Waals surface area contributed by atoms with Crippen LogP contribution in [-0.2, 0) is 19.1 Å². The van der Waals surface area contributed by atoms with Gasteiger partial charge in [-0.15, -0.1) is 0 Å². The van der Waals surface area contributed by atoms with Gasteiger partial charge in [0.05, 0.1) is 13.2 Å². The predicted octanol–water partition coefficient (Wildman–Crippen LogP) is 2.99. The van der Waals surface area contributed by atoms with Crippen molar-refractivity contribution in [2.45, 2.75) is 20.0 Å². The third-order valence-electron chi connectivity index (χ3n) is 2.68. The molecule has 0 fully saturated rings. The van der Waals surface area contributed by atoms with Crippen molar-refractivity contribution in [2.24, 2.45) is 5.92 Å². The lowest BCUT2D eigenvalue weighted by molar-refractivity contribution is -0.167. The van der Waals surface area contributed by atoms with E-state index >= 15 is 0 Å². The minimum Gasteiger partial charge on any atom is -0.465 e. The standard InChI is InChI=1S/C14H16Br2O5/c1-3-20-13(18)11(14(19)21-4-2)12(17)8-5-6-9(15)10(16)7-8/h5-7,11-12,17H,3-4H2,1-2H3. The first-order valence-corrected chi connectivity index (χ1v) is 7.97. The number of ether oxygens (including phenoxy) is 2. The van der Waals surface area contributed by atoms with Crippen LogP contribution in [0.3, 0.4) is 0 Å². The largest absolute Gasteiger partial charge is 0.465 e. The van der Waals surface area contributed by atoms with Gasteiger partial charge in [0.2, 0.25) is 0 Å². The molecule has 5 nitrogen and oxygen atoms in total. The Hall–Kier alpha value is -0.920. The van der Waals surface area contributed by atoms with Crippen LogP contribution in [0.25, 0.3) is 0 Å². The summed E-state index contributed by atoms with van der Waals surface area (Å²) in [5.74, 6) is -3.01. The lowest BCUT2D eigenvalue weighted by Crippen LogP contribution is -2.33. The van der Waals surface area contributed by atoms with E-state index in [0.29, 0.717) is 10.0 Å². The first kappa shape index (κ1) is 18.1. The van der Waals surface area contributed by atoms with Crippen molar-refractivity contribution in [3.8, 4) is 0 Å². The summed E-state index contributed by atoms with van der Waals surface area (Å²) in [5.41, 5.74) is 0.413. The molecule has 1 rings (SSSR count). The molecule has 0 heterocycles. The van der Waals surface area contributed by atoms with E-state index in [1.807, 2.05) is 0 Å². The Kier molecular flexibility index (Phi) is 7.34. The highest BCUT2D eigenvalue weighted by atomic mass is 79.9. The van der Waals surface area contributed by atoms with Gasteiger partial charge in [-0.2, -0.15) is 0 Å². The van der Waals surface area contributed by atoms with Crippen LogP contribution < -0.4 is 0 Å². The van der Waals surface area contributed by atoms with Crippen molar-refractivity contribution >= 4 is 43.8 Å². The fourth-order valence-electron chi connectivity index (χ4n) is 1.71. The van der Waals surface area contributed by atoms with Crippen molar-refractivity contribution in [1.29, 1.82) is 0 Å². The molecule has 0 aliphatic rings. The summed E-state index contributed by atoms with van der Waals surface area (Å²) in [6.07, 6.45) is -1.34. The SMILES string of the molecule is CCOC(=O)C(C(=O)OCC)C(O)c1ccc(Br)c(Br)c1. The van der Waals surface area contributed by atoms with Crippen LogP contribution in [-0.4, -0.2) is 30.3 Å². The number of carbonyl (C=O) groups excluding carboxylic acids is 2. The normalized spacial score (nSPS) is 12.1. The maximum atomic E-state index is 11.9. The second kappa shape index (κ2) is 8.51. The molecule has 0 saturated heterocycles. The smallest absolute Gasteiger partial charge is 0.323 e. The van der Waals surface area contributed by atoms with Gasteiger partial charge in [0.25, 0.3) is 0 Å². The molecule has 116 valence electrons. The molecule has 1 atom stereocenters. The molecule has 1 aromatic rings. The molecule has 1 N–H and O–H groups in total. The summed E-state index contributed by atoms with van der Waals surface area (Å²) in [7, 11) is 0. The third-order valence-corrected chi connectivity index (χ3v) is 4.56. The van der Waals surface area contributed by atoms with Gasteiger partial charge in [0.15, 0.2) is 5.92 Å². The summed E-state index contributed by atoms with van der Waals surface area (Å²) in [4.78, 5) is 23.8. The molecule has 0 spiro atoms. The zero-order chi connectivity index (χ0) is 16.0. The van der Waals surface area contributed by atoms with Gasteiger partial charge in [-0.05, 0) is 63.4 Å². The van der Waals surface area contributed by atoms with Crippen molar-refractivity contribution in [1.82, 2.24) is 0 Å². The molecule has 0 aliphatic heterocycles. The summed E-state index contributed by atoms with van der Waals surface area (Å²) < 4.78 is 11.2. The lowest BCUT2D eigenvalue weighted by Gasteiger charge is -2.20. The average Bonchev–Trinajstić information content (AvgIpc) is 2.42. The fourth-order valence-corrected chi connectivity index (χ4v) is 2.35. The van der Waals surface area contributed by atoms with Gasteiger partial charge < -0.3 is 14.6 Å². The molecule has 0 aliphatic carbocycles. The molecule has 0 radical (unpaired) electrons. The molecule has 0 bridgehead atoms.